The number of hydrogen-bond acceptors (Lipinski definition) is 2. The van der Waals surface area contributed by atoms with Gasteiger partial charge < -0.3 is 0 Å². The number of hydrogen-bond donors (Lipinski definition) is 1. The highest BCUT2D eigenvalue weighted by Gasteiger charge is 2.28. The van der Waals surface area contributed by atoms with E-state index in [4.69, 9.17) is 0 Å². The SMILES string of the molecule is CC1CCCC(C)N1NC(=O)c1c(F)cc(Br)cc1F. The van der Waals surface area contributed by atoms with Gasteiger partial charge in [0.25, 0.3) is 5.91 Å². The molecule has 1 N–H and O–H groups in total. The third kappa shape index (κ3) is 3.17. The molecule has 20 heavy (non-hydrogen) atoms. The van der Waals surface area contributed by atoms with E-state index < -0.39 is 23.1 Å². The van der Waals surface area contributed by atoms with Gasteiger partial charge in [0.1, 0.15) is 17.2 Å². The molecule has 0 aliphatic carbocycles. The van der Waals surface area contributed by atoms with E-state index in [1.807, 2.05) is 13.8 Å². The first kappa shape index (κ1) is 15.4. The maximum atomic E-state index is 13.8. The number of carbonyl (C=O) groups excluding carboxylic acids is 1. The van der Waals surface area contributed by atoms with Crippen LogP contribution in [0.5, 0.6) is 0 Å². The molecule has 0 aromatic heterocycles. The molecule has 2 rings (SSSR count). The van der Waals surface area contributed by atoms with Gasteiger partial charge in [0, 0.05) is 16.6 Å². The van der Waals surface area contributed by atoms with Crippen LogP contribution in [0.25, 0.3) is 0 Å². The predicted octanol–water partition coefficient (Wildman–Crippen LogP) is 3.64. The Morgan fingerprint density at radius 1 is 1.25 bits per heavy atom. The largest absolute Gasteiger partial charge is 0.284 e. The molecule has 1 aromatic rings. The number of hydrazine groups is 1. The summed E-state index contributed by atoms with van der Waals surface area (Å²) in [6.45, 7) is 3.98. The lowest BCUT2D eigenvalue weighted by Gasteiger charge is -2.38. The highest BCUT2D eigenvalue weighted by atomic mass is 79.9. The van der Waals surface area contributed by atoms with Gasteiger partial charge in [-0.2, -0.15) is 0 Å². The van der Waals surface area contributed by atoms with E-state index in [0.717, 1.165) is 31.4 Å². The van der Waals surface area contributed by atoms with Crippen LogP contribution in [-0.4, -0.2) is 23.0 Å². The third-order valence-electron chi connectivity index (χ3n) is 3.66. The van der Waals surface area contributed by atoms with Crippen LogP contribution in [0.15, 0.2) is 16.6 Å². The quantitative estimate of drug-likeness (QED) is 0.886. The second kappa shape index (κ2) is 6.18. The van der Waals surface area contributed by atoms with Crippen LogP contribution in [0, 0.1) is 11.6 Å². The van der Waals surface area contributed by atoms with E-state index in [1.54, 1.807) is 5.01 Å². The van der Waals surface area contributed by atoms with Crippen molar-refractivity contribution < 1.29 is 13.6 Å². The fraction of sp³-hybridized carbons (Fsp3) is 0.500. The Bertz CT molecular complexity index is 491. The smallest absolute Gasteiger partial charge is 0.271 e. The monoisotopic (exact) mass is 346 g/mol. The summed E-state index contributed by atoms with van der Waals surface area (Å²) in [5.74, 6) is -2.48. The molecule has 1 aliphatic heterocycles. The lowest BCUT2D eigenvalue weighted by atomic mass is 10.00. The van der Waals surface area contributed by atoms with Gasteiger partial charge in [-0.15, -0.1) is 0 Å². The Balaban J connectivity index is 2.20. The van der Waals surface area contributed by atoms with Crippen molar-refractivity contribution in [3.8, 4) is 0 Å². The van der Waals surface area contributed by atoms with Crippen molar-refractivity contribution in [3.63, 3.8) is 0 Å². The Morgan fingerprint density at radius 3 is 2.25 bits per heavy atom. The zero-order valence-electron chi connectivity index (χ0n) is 11.4. The molecule has 1 heterocycles. The molecule has 0 spiro atoms. The average molecular weight is 347 g/mol. The van der Waals surface area contributed by atoms with E-state index in [2.05, 4.69) is 21.4 Å². The Hall–Kier alpha value is -1.01. The Labute approximate surface area is 125 Å². The summed E-state index contributed by atoms with van der Waals surface area (Å²) >= 11 is 2.99. The summed E-state index contributed by atoms with van der Waals surface area (Å²) in [5, 5.41) is 1.78. The molecule has 2 atom stereocenters. The molecule has 1 fully saturated rings. The van der Waals surface area contributed by atoms with E-state index in [-0.39, 0.29) is 16.6 Å². The van der Waals surface area contributed by atoms with Crippen molar-refractivity contribution >= 4 is 21.8 Å². The number of amides is 1. The fourth-order valence-electron chi connectivity index (χ4n) is 2.57. The van der Waals surface area contributed by atoms with Gasteiger partial charge in [-0.3, -0.25) is 10.2 Å². The summed E-state index contributed by atoms with van der Waals surface area (Å²) in [6, 6.07) is 2.48. The van der Waals surface area contributed by atoms with E-state index >= 15 is 0 Å². The number of carbonyl (C=O) groups is 1. The molecule has 110 valence electrons. The molecule has 2 unspecified atom stereocenters. The molecule has 3 nitrogen and oxygen atoms in total. The van der Waals surface area contributed by atoms with Gasteiger partial charge in [0.2, 0.25) is 0 Å². The molecule has 1 aliphatic rings. The van der Waals surface area contributed by atoms with Crippen LogP contribution in [0.4, 0.5) is 8.78 Å². The van der Waals surface area contributed by atoms with Gasteiger partial charge in [-0.25, -0.2) is 13.8 Å². The lowest BCUT2D eigenvalue weighted by Crippen LogP contribution is -2.54. The van der Waals surface area contributed by atoms with Crippen molar-refractivity contribution in [3.05, 3.63) is 33.8 Å². The van der Waals surface area contributed by atoms with Gasteiger partial charge in [0.15, 0.2) is 0 Å². The first-order chi connectivity index (χ1) is 9.40. The van der Waals surface area contributed by atoms with E-state index in [9.17, 15) is 13.6 Å². The summed E-state index contributed by atoms with van der Waals surface area (Å²) in [4.78, 5) is 12.1. The van der Waals surface area contributed by atoms with Gasteiger partial charge >= 0.3 is 0 Å². The van der Waals surface area contributed by atoms with Crippen LogP contribution < -0.4 is 5.43 Å². The zero-order valence-corrected chi connectivity index (χ0v) is 13.0. The topological polar surface area (TPSA) is 32.3 Å². The standard InChI is InChI=1S/C14H17BrF2N2O/c1-8-4-3-5-9(2)19(8)18-14(20)13-11(16)6-10(15)7-12(13)17/h6-9H,3-5H2,1-2H3,(H,18,20). The van der Waals surface area contributed by atoms with Crippen LogP contribution in [0.1, 0.15) is 43.5 Å². The number of halogens is 3. The summed E-state index contributed by atoms with van der Waals surface area (Å²) < 4.78 is 27.8. The molecule has 1 amide bonds. The maximum absolute atomic E-state index is 13.8. The molecule has 1 aromatic carbocycles. The number of benzene rings is 1. The summed E-state index contributed by atoms with van der Waals surface area (Å²) in [5.41, 5.74) is 2.09. The predicted molar refractivity (Wildman–Crippen MR) is 76.1 cm³/mol. The molecular weight excluding hydrogens is 330 g/mol. The van der Waals surface area contributed by atoms with Gasteiger partial charge in [0.05, 0.1) is 0 Å². The molecule has 0 bridgehead atoms. The Kier molecular flexibility index (Phi) is 4.75. The second-order valence-corrected chi connectivity index (χ2v) is 6.14. The fourth-order valence-corrected chi connectivity index (χ4v) is 2.98. The van der Waals surface area contributed by atoms with Crippen LogP contribution >= 0.6 is 15.9 Å². The van der Waals surface area contributed by atoms with E-state index in [0.29, 0.717) is 0 Å². The molecule has 6 heteroatoms. The minimum atomic E-state index is -0.869. The maximum Gasteiger partial charge on any atom is 0.271 e. The van der Waals surface area contributed by atoms with Gasteiger partial charge in [-0.1, -0.05) is 22.4 Å². The molecular formula is C14H17BrF2N2O. The van der Waals surface area contributed by atoms with Crippen molar-refractivity contribution in [2.24, 2.45) is 0 Å². The minimum absolute atomic E-state index is 0.157. The van der Waals surface area contributed by atoms with Crippen molar-refractivity contribution in [2.45, 2.75) is 45.2 Å². The summed E-state index contributed by atoms with van der Waals surface area (Å²) in [6.07, 6.45) is 3.00. The molecule has 1 saturated heterocycles. The second-order valence-electron chi connectivity index (χ2n) is 5.22. The van der Waals surface area contributed by atoms with E-state index in [1.165, 1.54) is 0 Å². The average Bonchev–Trinajstić information content (AvgIpc) is 2.32. The first-order valence-corrected chi connectivity index (χ1v) is 7.43. The highest BCUT2D eigenvalue weighted by Crippen LogP contribution is 2.22. The van der Waals surface area contributed by atoms with Crippen molar-refractivity contribution in [1.29, 1.82) is 0 Å². The zero-order chi connectivity index (χ0) is 14.9. The van der Waals surface area contributed by atoms with Crippen LogP contribution in [-0.2, 0) is 0 Å². The van der Waals surface area contributed by atoms with Crippen molar-refractivity contribution in [2.75, 3.05) is 0 Å². The summed E-state index contributed by atoms with van der Waals surface area (Å²) in [7, 11) is 0. The number of nitrogens with one attached hydrogen (secondary N) is 1. The Morgan fingerprint density at radius 2 is 1.75 bits per heavy atom. The normalized spacial score (nSPS) is 23.6. The van der Waals surface area contributed by atoms with Crippen molar-refractivity contribution in [1.82, 2.24) is 10.4 Å². The highest BCUT2D eigenvalue weighted by molar-refractivity contribution is 9.10. The minimum Gasteiger partial charge on any atom is -0.284 e. The lowest BCUT2D eigenvalue weighted by molar-refractivity contribution is 0.0364. The van der Waals surface area contributed by atoms with Crippen LogP contribution in [0.3, 0.4) is 0 Å². The first-order valence-electron chi connectivity index (χ1n) is 6.64. The number of rotatable bonds is 2. The van der Waals surface area contributed by atoms with Crippen LogP contribution in [0.2, 0.25) is 0 Å². The third-order valence-corrected chi connectivity index (χ3v) is 4.12. The molecule has 0 radical (unpaired) electrons. The number of nitrogens with zero attached hydrogens (tertiary/aromatic N) is 1. The van der Waals surface area contributed by atoms with Gasteiger partial charge in [-0.05, 0) is 38.8 Å². The number of piperidine rings is 1. The molecule has 0 saturated carbocycles.